The van der Waals surface area contributed by atoms with Gasteiger partial charge in [-0.1, -0.05) is 12.1 Å². The van der Waals surface area contributed by atoms with Gasteiger partial charge in [-0.15, -0.1) is 11.3 Å². The third kappa shape index (κ3) is 5.37. The first kappa shape index (κ1) is 17.5. The Balaban J connectivity index is 1.80. The number of aliphatic hydroxyl groups is 1. The first-order valence-corrected chi connectivity index (χ1v) is 8.74. The molecule has 0 unspecified atom stereocenters. The van der Waals surface area contributed by atoms with E-state index in [1.807, 2.05) is 43.5 Å². The van der Waals surface area contributed by atoms with E-state index in [1.165, 1.54) is 10.4 Å². The van der Waals surface area contributed by atoms with Gasteiger partial charge >= 0.3 is 6.03 Å². The van der Waals surface area contributed by atoms with Crippen molar-refractivity contribution in [1.29, 1.82) is 0 Å². The van der Waals surface area contributed by atoms with Gasteiger partial charge < -0.3 is 15.7 Å². The molecule has 0 spiro atoms. The number of anilines is 1. The Kier molecular flexibility index (Phi) is 6.62. The third-order valence-corrected chi connectivity index (χ3v) is 5.00. The van der Waals surface area contributed by atoms with E-state index in [1.54, 1.807) is 11.3 Å². The quantitative estimate of drug-likeness (QED) is 0.716. The second kappa shape index (κ2) is 8.70. The van der Waals surface area contributed by atoms with Crippen molar-refractivity contribution in [2.24, 2.45) is 0 Å². The normalized spacial score (nSPS) is 12.0. The second-order valence-corrected chi connectivity index (χ2v) is 6.67. The molecule has 0 saturated heterocycles. The second-order valence-electron chi connectivity index (χ2n) is 5.69. The Morgan fingerprint density at radius 3 is 2.70 bits per heavy atom. The molecule has 0 aliphatic rings. The summed E-state index contributed by atoms with van der Waals surface area (Å²) in [5, 5.41) is 17.0. The Hall–Kier alpha value is -1.85. The maximum absolute atomic E-state index is 12.0. The molecule has 2 amide bonds. The van der Waals surface area contributed by atoms with Crippen LogP contribution >= 0.6 is 11.3 Å². The van der Waals surface area contributed by atoms with Crippen LogP contribution in [0.5, 0.6) is 0 Å². The molecular formula is C18H24N2O2S. The lowest BCUT2D eigenvalue weighted by atomic mass is 10.00. The monoisotopic (exact) mass is 332 g/mol. The number of hydrogen-bond acceptors (Lipinski definition) is 3. The van der Waals surface area contributed by atoms with Crippen LogP contribution < -0.4 is 10.6 Å². The number of nitrogens with one attached hydrogen (secondary N) is 2. The predicted molar refractivity (Wildman–Crippen MR) is 96.3 cm³/mol. The van der Waals surface area contributed by atoms with Crippen LogP contribution in [0.15, 0.2) is 35.7 Å². The summed E-state index contributed by atoms with van der Waals surface area (Å²) in [6.45, 7) is 4.82. The lowest BCUT2D eigenvalue weighted by Gasteiger charge is -2.15. The zero-order valence-electron chi connectivity index (χ0n) is 13.6. The van der Waals surface area contributed by atoms with E-state index < -0.39 is 0 Å². The Morgan fingerprint density at radius 2 is 2.04 bits per heavy atom. The number of aliphatic hydroxyl groups excluding tert-OH is 1. The van der Waals surface area contributed by atoms with Crippen LogP contribution in [0.25, 0.3) is 0 Å². The zero-order chi connectivity index (χ0) is 16.7. The number of hydrogen-bond donors (Lipinski definition) is 3. The predicted octanol–water partition coefficient (Wildman–Crippen LogP) is 4.04. The Bertz CT molecular complexity index is 626. The van der Waals surface area contributed by atoms with Crippen molar-refractivity contribution in [1.82, 2.24) is 5.32 Å². The molecule has 0 saturated carbocycles. The molecule has 0 aliphatic heterocycles. The highest BCUT2D eigenvalue weighted by Gasteiger charge is 2.12. The number of carbonyl (C=O) groups is 1. The van der Waals surface area contributed by atoms with Crippen molar-refractivity contribution in [3.63, 3.8) is 0 Å². The molecule has 0 aliphatic carbocycles. The van der Waals surface area contributed by atoms with Gasteiger partial charge in [-0.25, -0.2) is 4.79 Å². The third-order valence-electron chi connectivity index (χ3n) is 3.97. The lowest BCUT2D eigenvalue weighted by molar-refractivity contribution is 0.250. The minimum absolute atomic E-state index is 0.164. The topological polar surface area (TPSA) is 61.4 Å². The van der Waals surface area contributed by atoms with E-state index in [2.05, 4.69) is 16.7 Å². The van der Waals surface area contributed by atoms with Crippen LogP contribution in [-0.4, -0.2) is 24.3 Å². The van der Waals surface area contributed by atoms with Crippen molar-refractivity contribution in [2.75, 3.05) is 18.5 Å². The number of urea groups is 1. The molecule has 1 heterocycles. The maximum atomic E-state index is 12.0. The number of aryl methyl sites for hydroxylation is 2. The molecule has 3 N–H and O–H groups in total. The van der Waals surface area contributed by atoms with Crippen LogP contribution in [0.3, 0.4) is 0 Å². The minimum Gasteiger partial charge on any atom is -0.396 e. The highest BCUT2D eigenvalue weighted by molar-refractivity contribution is 7.10. The van der Waals surface area contributed by atoms with Crippen LogP contribution in [0.4, 0.5) is 10.5 Å². The van der Waals surface area contributed by atoms with Crippen LogP contribution in [-0.2, 0) is 0 Å². The van der Waals surface area contributed by atoms with Crippen molar-refractivity contribution < 1.29 is 9.90 Å². The number of rotatable bonds is 7. The molecule has 0 radical (unpaired) electrons. The summed E-state index contributed by atoms with van der Waals surface area (Å²) in [6.07, 6.45) is 1.54. The van der Waals surface area contributed by atoms with E-state index in [0.717, 1.165) is 24.1 Å². The smallest absolute Gasteiger partial charge is 0.319 e. The van der Waals surface area contributed by atoms with Crippen LogP contribution in [0, 0.1) is 13.8 Å². The SMILES string of the molecule is Cc1ccc(NC(=O)NCC[C@@H](CCO)c2cccs2)cc1C. The fraction of sp³-hybridized carbons (Fsp3) is 0.389. The van der Waals surface area contributed by atoms with Crippen molar-refractivity contribution >= 4 is 23.1 Å². The molecule has 1 atom stereocenters. The summed E-state index contributed by atoms with van der Waals surface area (Å²) < 4.78 is 0. The molecular weight excluding hydrogens is 308 g/mol. The van der Waals surface area contributed by atoms with E-state index in [9.17, 15) is 9.90 Å². The molecule has 0 fully saturated rings. The fourth-order valence-corrected chi connectivity index (χ4v) is 3.36. The Labute approximate surface area is 141 Å². The molecule has 0 bridgehead atoms. The lowest BCUT2D eigenvalue weighted by Crippen LogP contribution is -2.30. The molecule has 1 aromatic heterocycles. The van der Waals surface area contributed by atoms with Gasteiger partial charge in [-0.05, 0) is 67.3 Å². The number of benzene rings is 1. The first-order chi connectivity index (χ1) is 11.1. The molecule has 1 aromatic carbocycles. The number of carbonyl (C=O) groups excluding carboxylic acids is 1. The van der Waals surface area contributed by atoms with Gasteiger partial charge in [0.2, 0.25) is 0 Å². The number of amides is 2. The summed E-state index contributed by atoms with van der Waals surface area (Å²) in [5.74, 6) is 0.293. The molecule has 4 nitrogen and oxygen atoms in total. The average Bonchev–Trinajstić information content (AvgIpc) is 3.04. The van der Waals surface area contributed by atoms with Crippen LogP contribution in [0.2, 0.25) is 0 Å². The minimum atomic E-state index is -0.192. The molecule has 23 heavy (non-hydrogen) atoms. The molecule has 2 aromatic rings. The summed E-state index contributed by atoms with van der Waals surface area (Å²) in [7, 11) is 0. The Morgan fingerprint density at radius 1 is 1.22 bits per heavy atom. The van der Waals surface area contributed by atoms with E-state index in [0.29, 0.717) is 12.5 Å². The van der Waals surface area contributed by atoms with Gasteiger partial charge in [0, 0.05) is 23.7 Å². The van der Waals surface area contributed by atoms with E-state index in [4.69, 9.17) is 0 Å². The van der Waals surface area contributed by atoms with Gasteiger partial charge in [-0.3, -0.25) is 0 Å². The van der Waals surface area contributed by atoms with Crippen molar-refractivity contribution in [3.8, 4) is 0 Å². The summed E-state index contributed by atoms with van der Waals surface area (Å²) in [5.41, 5.74) is 3.16. The number of thiophene rings is 1. The summed E-state index contributed by atoms with van der Waals surface area (Å²) in [4.78, 5) is 13.2. The van der Waals surface area contributed by atoms with Crippen LogP contribution in [0.1, 0.15) is 34.8 Å². The highest BCUT2D eigenvalue weighted by Crippen LogP contribution is 2.26. The van der Waals surface area contributed by atoms with E-state index >= 15 is 0 Å². The largest absolute Gasteiger partial charge is 0.396 e. The van der Waals surface area contributed by atoms with Gasteiger partial charge in [0.25, 0.3) is 0 Å². The van der Waals surface area contributed by atoms with Gasteiger partial charge in [0.1, 0.15) is 0 Å². The standard InChI is InChI=1S/C18H24N2O2S/c1-13-5-6-16(12-14(13)2)20-18(22)19-9-7-15(8-10-21)17-4-3-11-23-17/h3-6,11-12,15,21H,7-10H2,1-2H3,(H2,19,20,22)/t15-/m0/s1. The molecule has 5 heteroatoms. The summed E-state index contributed by atoms with van der Waals surface area (Å²) in [6, 6.07) is 9.78. The zero-order valence-corrected chi connectivity index (χ0v) is 14.5. The summed E-state index contributed by atoms with van der Waals surface area (Å²) >= 11 is 1.70. The highest BCUT2D eigenvalue weighted by atomic mass is 32.1. The molecule has 2 rings (SSSR count). The van der Waals surface area contributed by atoms with Crippen molar-refractivity contribution in [3.05, 3.63) is 51.7 Å². The average molecular weight is 332 g/mol. The maximum Gasteiger partial charge on any atom is 0.319 e. The van der Waals surface area contributed by atoms with Gasteiger partial charge in [-0.2, -0.15) is 0 Å². The van der Waals surface area contributed by atoms with Gasteiger partial charge in [0.05, 0.1) is 0 Å². The van der Waals surface area contributed by atoms with E-state index in [-0.39, 0.29) is 12.6 Å². The fourth-order valence-electron chi connectivity index (χ4n) is 2.46. The van der Waals surface area contributed by atoms with Gasteiger partial charge in [0.15, 0.2) is 0 Å². The molecule has 124 valence electrons. The van der Waals surface area contributed by atoms with Crippen molar-refractivity contribution in [2.45, 2.75) is 32.6 Å². The first-order valence-electron chi connectivity index (χ1n) is 7.86.